The molecule has 1 N–H and O–H groups in total. The lowest BCUT2D eigenvalue weighted by Crippen LogP contribution is -2.52. The van der Waals surface area contributed by atoms with Gasteiger partial charge < -0.3 is 14.7 Å². The fourth-order valence-electron chi connectivity index (χ4n) is 2.26. The molecule has 0 unspecified atom stereocenters. The highest BCUT2D eigenvalue weighted by Crippen LogP contribution is 2.35. The zero-order valence-electron chi connectivity index (χ0n) is 13.9. The molecule has 2 rings (SSSR count). The summed E-state index contributed by atoms with van der Waals surface area (Å²) in [5, 5.41) is 13.0. The summed E-state index contributed by atoms with van der Waals surface area (Å²) < 4.78 is 45.9. The predicted octanol–water partition coefficient (Wildman–Crippen LogP) is 1.76. The van der Waals surface area contributed by atoms with E-state index in [0.29, 0.717) is 11.3 Å². The highest BCUT2D eigenvalue weighted by atomic mass is 28.3. The number of aromatic nitrogens is 2. The number of anilines is 1. The maximum absolute atomic E-state index is 13.3. The molecule has 0 saturated carbocycles. The Balaban J connectivity index is 2.18. The molecule has 0 amide bonds. The van der Waals surface area contributed by atoms with E-state index in [1.54, 1.807) is 0 Å². The summed E-state index contributed by atoms with van der Waals surface area (Å²) in [6.45, 7) is 6.64. The third kappa shape index (κ3) is 4.58. The standard InChI is InChI=1S/C14H22F3N3O3Si/c1-24(2,3)5-4-23-9-20-13(22)12(14(15,16)17)11(6-18-20)19-7-10(21)8-19/h6,10,21H,4-5,7-9H2,1-3H3. The molecule has 0 bridgehead atoms. The number of hydrogen-bond acceptors (Lipinski definition) is 5. The minimum Gasteiger partial charge on any atom is -0.389 e. The molecule has 1 aromatic heterocycles. The second-order valence-corrected chi connectivity index (χ2v) is 12.7. The van der Waals surface area contributed by atoms with Crippen LogP contribution in [0.5, 0.6) is 0 Å². The molecule has 1 saturated heterocycles. The molecule has 0 aliphatic carbocycles. The Labute approximate surface area is 138 Å². The van der Waals surface area contributed by atoms with Gasteiger partial charge in [0.15, 0.2) is 0 Å². The van der Waals surface area contributed by atoms with Gasteiger partial charge in [-0.25, -0.2) is 4.68 Å². The number of aliphatic hydroxyl groups is 1. The first-order valence-corrected chi connectivity index (χ1v) is 11.4. The van der Waals surface area contributed by atoms with E-state index in [0.717, 1.165) is 12.2 Å². The molecule has 1 aromatic rings. The molecule has 6 nitrogen and oxygen atoms in total. The van der Waals surface area contributed by atoms with Crippen LogP contribution in [0.25, 0.3) is 0 Å². The van der Waals surface area contributed by atoms with Crippen LogP contribution in [0.4, 0.5) is 18.9 Å². The van der Waals surface area contributed by atoms with Gasteiger partial charge in [0, 0.05) is 27.8 Å². The number of β-amino-alcohol motifs (C(OH)–C–C–N with tert-alkyl or cyclic N) is 1. The van der Waals surface area contributed by atoms with Crippen molar-refractivity contribution in [2.45, 2.75) is 44.7 Å². The van der Waals surface area contributed by atoms with Crippen LogP contribution in [0.2, 0.25) is 25.7 Å². The van der Waals surface area contributed by atoms with Crippen molar-refractivity contribution in [3.63, 3.8) is 0 Å². The number of rotatable bonds is 6. The van der Waals surface area contributed by atoms with Gasteiger partial charge in [0.2, 0.25) is 0 Å². The highest BCUT2D eigenvalue weighted by Gasteiger charge is 2.41. The number of aliphatic hydroxyl groups excluding tert-OH is 1. The van der Waals surface area contributed by atoms with Gasteiger partial charge in [-0.3, -0.25) is 4.79 Å². The lowest BCUT2D eigenvalue weighted by Gasteiger charge is -2.38. The smallest absolute Gasteiger partial charge is 0.389 e. The van der Waals surface area contributed by atoms with E-state index < -0.39 is 31.5 Å². The van der Waals surface area contributed by atoms with E-state index in [9.17, 15) is 23.1 Å². The van der Waals surface area contributed by atoms with Gasteiger partial charge in [0.1, 0.15) is 12.3 Å². The number of ether oxygens (including phenoxy) is 1. The SMILES string of the molecule is C[Si](C)(C)CCOCn1ncc(N2CC(O)C2)c(C(F)(F)F)c1=O. The van der Waals surface area contributed by atoms with Crippen LogP contribution in [0.3, 0.4) is 0 Å². The van der Waals surface area contributed by atoms with Gasteiger partial charge in [0.25, 0.3) is 5.56 Å². The summed E-state index contributed by atoms with van der Waals surface area (Å²) in [5.74, 6) is 0. The summed E-state index contributed by atoms with van der Waals surface area (Å²) in [4.78, 5) is 13.5. The first-order chi connectivity index (χ1) is 11.0. The normalized spacial score (nSPS) is 16.4. The topological polar surface area (TPSA) is 67.6 Å². The fourth-order valence-corrected chi connectivity index (χ4v) is 3.02. The second kappa shape index (κ2) is 6.85. The number of alkyl halides is 3. The molecule has 0 spiro atoms. The van der Waals surface area contributed by atoms with Gasteiger partial charge in [-0.2, -0.15) is 18.3 Å². The van der Waals surface area contributed by atoms with Gasteiger partial charge in [0.05, 0.1) is 18.0 Å². The Bertz CT molecular complexity index is 637. The zero-order valence-corrected chi connectivity index (χ0v) is 14.9. The van der Waals surface area contributed by atoms with Crippen LogP contribution in [-0.2, 0) is 17.6 Å². The van der Waals surface area contributed by atoms with Crippen molar-refractivity contribution in [2.24, 2.45) is 0 Å². The van der Waals surface area contributed by atoms with Crippen molar-refractivity contribution in [1.29, 1.82) is 0 Å². The average Bonchev–Trinajstić information content (AvgIpc) is 2.38. The van der Waals surface area contributed by atoms with Crippen molar-refractivity contribution in [1.82, 2.24) is 9.78 Å². The summed E-state index contributed by atoms with van der Waals surface area (Å²) in [6.07, 6.45) is -4.47. The van der Waals surface area contributed by atoms with Gasteiger partial charge in [-0.05, 0) is 6.04 Å². The van der Waals surface area contributed by atoms with E-state index in [-0.39, 0.29) is 25.5 Å². The van der Waals surface area contributed by atoms with E-state index in [1.165, 1.54) is 4.90 Å². The molecular formula is C14H22F3N3O3Si. The van der Waals surface area contributed by atoms with E-state index >= 15 is 0 Å². The van der Waals surface area contributed by atoms with Crippen molar-refractivity contribution >= 4 is 13.8 Å². The molecule has 1 aliphatic heterocycles. The summed E-state index contributed by atoms with van der Waals surface area (Å²) in [7, 11) is -1.32. The molecule has 0 atom stereocenters. The largest absolute Gasteiger partial charge is 0.423 e. The Morgan fingerprint density at radius 1 is 1.38 bits per heavy atom. The highest BCUT2D eigenvalue weighted by molar-refractivity contribution is 6.76. The molecule has 2 heterocycles. The Morgan fingerprint density at radius 3 is 2.50 bits per heavy atom. The van der Waals surface area contributed by atoms with Crippen molar-refractivity contribution in [3.8, 4) is 0 Å². The number of hydrogen-bond donors (Lipinski definition) is 1. The Kier molecular flexibility index (Phi) is 5.40. The summed E-state index contributed by atoms with van der Waals surface area (Å²) in [5.41, 5.74) is -2.79. The molecule has 1 fully saturated rings. The molecule has 0 aromatic carbocycles. The van der Waals surface area contributed by atoms with E-state index in [4.69, 9.17) is 4.74 Å². The van der Waals surface area contributed by atoms with E-state index in [2.05, 4.69) is 24.7 Å². The summed E-state index contributed by atoms with van der Waals surface area (Å²) >= 11 is 0. The maximum Gasteiger partial charge on any atom is 0.423 e. The van der Waals surface area contributed by atoms with Crippen LogP contribution in [0.15, 0.2) is 11.0 Å². The minimum atomic E-state index is -4.80. The van der Waals surface area contributed by atoms with Crippen LogP contribution >= 0.6 is 0 Å². The van der Waals surface area contributed by atoms with Gasteiger partial charge in [-0.15, -0.1) is 0 Å². The van der Waals surface area contributed by atoms with Crippen molar-refractivity contribution in [3.05, 3.63) is 22.1 Å². The average molecular weight is 365 g/mol. The molecule has 1 aliphatic rings. The number of halogens is 3. The molecule has 0 radical (unpaired) electrons. The quantitative estimate of drug-likeness (QED) is 0.615. The van der Waals surface area contributed by atoms with Crippen LogP contribution in [0, 0.1) is 0 Å². The first-order valence-electron chi connectivity index (χ1n) is 7.67. The third-order valence-electron chi connectivity index (χ3n) is 3.72. The van der Waals surface area contributed by atoms with Crippen molar-refractivity contribution < 1.29 is 23.0 Å². The Hall–Kier alpha value is -1.39. The van der Waals surface area contributed by atoms with E-state index in [1.807, 2.05) is 0 Å². The fraction of sp³-hybridized carbons (Fsp3) is 0.714. The zero-order chi connectivity index (χ0) is 18.1. The lowest BCUT2D eigenvalue weighted by molar-refractivity contribution is -0.139. The number of nitrogens with zero attached hydrogens (tertiary/aromatic N) is 3. The first kappa shape index (κ1) is 18.9. The van der Waals surface area contributed by atoms with Crippen molar-refractivity contribution in [2.75, 3.05) is 24.6 Å². The van der Waals surface area contributed by atoms with Crippen LogP contribution < -0.4 is 10.5 Å². The molecule has 136 valence electrons. The second-order valence-electron chi connectivity index (χ2n) is 7.11. The molecule has 24 heavy (non-hydrogen) atoms. The molecular weight excluding hydrogens is 343 g/mol. The maximum atomic E-state index is 13.3. The third-order valence-corrected chi connectivity index (χ3v) is 5.42. The van der Waals surface area contributed by atoms with Crippen LogP contribution in [-0.4, -0.2) is 48.8 Å². The lowest BCUT2D eigenvalue weighted by atomic mass is 10.1. The molecule has 10 heteroatoms. The Morgan fingerprint density at radius 2 is 2.00 bits per heavy atom. The van der Waals surface area contributed by atoms with Crippen LogP contribution in [0.1, 0.15) is 5.56 Å². The van der Waals surface area contributed by atoms with Gasteiger partial charge >= 0.3 is 6.18 Å². The van der Waals surface area contributed by atoms with Gasteiger partial charge in [-0.1, -0.05) is 19.6 Å². The summed E-state index contributed by atoms with van der Waals surface area (Å²) in [6, 6.07) is 0.845. The predicted molar refractivity (Wildman–Crippen MR) is 85.8 cm³/mol. The minimum absolute atomic E-state index is 0.0565. The monoisotopic (exact) mass is 365 g/mol.